The van der Waals surface area contributed by atoms with Crippen molar-refractivity contribution in [3.63, 3.8) is 0 Å². The van der Waals surface area contributed by atoms with Crippen LogP contribution in [-0.2, 0) is 4.79 Å². The number of aliphatic hydroxyl groups excluding tert-OH is 1. The fraction of sp³-hybridized carbons (Fsp3) is 0.333. The number of carbonyl (C=O) groups is 1. The molecule has 1 saturated carbocycles. The van der Waals surface area contributed by atoms with Gasteiger partial charge in [-0.05, 0) is 73.3 Å². The highest BCUT2D eigenvalue weighted by Crippen LogP contribution is 2.37. The van der Waals surface area contributed by atoms with Gasteiger partial charge in [0.05, 0.1) is 11.4 Å². The Kier molecular flexibility index (Phi) is 7.65. The summed E-state index contributed by atoms with van der Waals surface area (Å²) in [6.07, 6.45) is 2.49. The molecule has 0 radical (unpaired) electrons. The molecule has 3 aliphatic rings. The quantitative estimate of drug-likeness (QED) is 0.253. The van der Waals surface area contributed by atoms with E-state index in [1.54, 1.807) is 0 Å². The Morgan fingerprint density at radius 2 is 1.77 bits per heavy atom. The van der Waals surface area contributed by atoms with Crippen LogP contribution in [0.25, 0.3) is 0 Å². The molecule has 0 aromatic heterocycles. The third kappa shape index (κ3) is 5.80. The molecule has 204 valence electrons. The topological polar surface area (TPSA) is 80.2 Å². The Balaban J connectivity index is 1.27. The molecule has 6 rings (SSSR count). The Labute approximate surface area is 235 Å². The summed E-state index contributed by atoms with van der Waals surface area (Å²) in [6.45, 7) is 4.13. The highest BCUT2D eigenvalue weighted by atomic mass is 16.3. The van der Waals surface area contributed by atoms with E-state index in [4.69, 9.17) is 4.99 Å². The van der Waals surface area contributed by atoms with Gasteiger partial charge >= 0.3 is 0 Å². The van der Waals surface area contributed by atoms with Crippen molar-refractivity contribution in [3.05, 3.63) is 89.5 Å². The van der Waals surface area contributed by atoms with Crippen molar-refractivity contribution in [1.29, 1.82) is 0 Å². The Hall–Kier alpha value is -3.96. The first kappa shape index (κ1) is 26.3. The van der Waals surface area contributed by atoms with Gasteiger partial charge in [0.25, 0.3) is 0 Å². The van der Waals surface area contributed by atoms with Gasteiger partial charge in [0.1, 0.15) is 5.92 Å². The van der Waals surface area contributed by atoms with Crippen LogP contribution in [0.1, 0.15) is 41.9 Å². The van der Waals surface area contributed by atoms with Gasteiger partial charge in [-0.15, -0.1) is 0 Å². The lowest BCUT2D eigenvalue weighted by atomic mass is 9.90. The van der Waals surface area contributed by atoms with Crippen LogP contribution in [-0.4, -0.2) is 67.1 Å². The summed E-state index contributed by atoms with van der Waals surface area (Å²) in [5.41, 5.74) is 5.98. The predicted molar refractivity (Wildman–Crippen MR) is 160 cm³/mol. The zero-order valence-electron chi connectivity index (χ0n) is 22.8. The summed E-state index contributed by atoms with van der Waals surface area (Å²) in [6, 6.07) is 24.3. The van der Waals surface area contributed by atoms with E-state index in [0.29, 0.717) is 11.8 Å². The minimum atomic E-state index is -0.861. The molecule has 1 aliphatic carbocycles. The van der Waals surface area contributed by atoms with Crippen LogP contribution < -0.4 is 15.5 Å². The number of nitrogens with zero attached hydrogens (tertiary/aromatic N) is 3. The van der Waals surface area contributed by atoms with E-state index in [1.807, 2.05) is 60.7 Å². The summed E-state index contributed by atoms with van der Waals surface area (Å²) >= 11 is 0. The normalized spacial score (nSPS) is 20.2. The van der Waals surface area contributed by atoms with Crippen molar-refractivity contribution in [2.24, 2.45) is 4.99 Å². The van der Waals surface area contributed by atoms with E-state index in [0.717, 1.165) is 67.1 Å². The Bertz CT molecular complexity index is 1450. The van der Waals surface area contributed by atoms with Crippen LogP contribution in [0.15, 0.2) is 77.8 Å². The number of fused-ring (bicyclic) bond motifs is 1. The maximum Gasteiger partial charge on any atom is 0.238 e. The second-order valence-corrected chi connectivity index (χ2v) is 10.9. The maximum absolute atomic E-state index is 13.4. The number of aliphatic hydroxyl groups is 1. The molecule has 2 fully saturated rings. The van der Waals surface area contributed by atoms with Crippen LogP contribution in [0.3, 0.4) is 0 Å². The van der Waals surface area contributed by atoms with Gasteiger partial charge in [-0.1, -0.05) is 48.7 Å². The van der Waals surface area contributed by atoms with Crippen LogP contribution in [0.4, 0.5) is 17.1 Å². The third-order valence-electron chi connectivity index (χ3n) is 8.05. The number of hydrogen-bond acceptors (Lipinski definition) is 6. The smallest absolute Gasteiger partial charge is 0.238 e. The number of nitrogens with one attached hydrogen (secondary N) is 2. The van der Waals surface area contributed by atoms with Crippen molar-refractivity contribution in [2.45, 2.75) is 37.5 Å². The standard InChI is InChI=1S/C33H35N5O2/c1-37-18-20-38(21-19-37)27-14-12-26(13-15-27)35-32(24-6-3-2-4-7-24)31-28-16-10-23(22-29(28)36-33(31)40)11-17-30(39)34-25-8-5-9-25/h2-4,6-7,10,12-16,22,25,30-31,34,39H,5,8-9,18-21H2,1H3,(H,36,40). The average Bonchev–Trinajstić information content (AvgIpc) is 3.28. The number of benzene rings is 3. The van der Waals surface area contributed by atoms with Crippen molar-refractivity contribution in [1.82, 2.24) is 10.2 Å². The van der Waals surface area contributed by atoms with Gasteiger partial charge in [-0.25, -0.2) is 0 Å². The summed E-state index contributed by atoms with van der Waals surface area (Å²) in [4.78, 5) is 23.2. The Morgan fingerprint density at radius 3 is 2.48 bits per heavy atom. The predicted octanol–water partition coefficient (Wildman–Crippen LogP) is 4.11. The van der Waals surface area contributed by atoms with Crippen LogP contribution in [0.5, 0.6) is 0 Å². The number of amides is 1. The fourth-order valence-electron chi connectivity index (χ4n) is 5.45. The fourth-order valence-corrected chi connectivity index (χ4v) is 5.45. The lowest BCUT2D eigenvalue weighted by Gasteiger charge is -2.34. The van der Waals surface area contributed by atoms with Crippen molar-refractivity contribution in [2.75, 3.05) is 43.4 Å². The van der Waals surface area contributed by atoms with Crippen molar-refractivity contribution >= 4 is 28.7 Å². The lowest BCUT2D eigenvalue weighted by molar-refractivity contribution is -0.115. The number of likely N-dealkylation sites (N-methyl/N-ethyl adjacent to an activating group) is 1. The molecule has 2 unspecified atom stereocenters. The van der Waals surface area contributed by atoms with E-state index in [9.17, 15) is 9.90 Å². The molecule has 1 amide bonds. The van der Waals surface area contributed by atoms with Crippen LogP contribution in [0, 0.1) is 11.8 Å². The summed E-state index contributed by atoms with van der Waals surface area (Å²) in [7, 11) is 2.16. The molecule has 3 N–H and O–H groups in total. The molecule has 2 heterocycles. The summed E-state index contributed by atoms with van der Waals surface area (Å²) in [5.74, 6) is 5.27. The first-order valence-corrected chi connectivity index (χ1v) is 14.1. The molecule has 1 saturated heterocycles. The molecule has 0 bridgehead atoms. The summed E-state index contributed by atoms with van der Waals surface area (Å²) in [5, 5.41) is 16.4. The molecule has 2 aliphatic heterocycles. The van der Waals surface area contributed by atoms with E-state index in [2.05, 4.69) is 51.5 Å². The largest absolute Gasteiger partial charge is 0.369 e. The third-order valence-corrected chi connectivity index (χ3v) is 8.05. The molecule has 7 nitrogen and oxygen atoms in total. The SMILES string of the molecule is CN1CCN(c2ccc(N=C(c3ccccc3)C3C(=O)Nc4cc(C#CC(O)NC5CCC5)ccc43)cc2)CC1. The molecular formula is C33H35N5O2. The van der Waals surface area contributed by atoms with Gasteiger partial charge in [-0.3, -0.25) is 15.1 Å². The number of rotatable bonds is 6. The van der Waals surface area contributed by atoms with Gasteiger partial charge in [0.15, 0.2) is 6.23 Å². The van der Waals surface area contributed by atoms with Gasteiger partial charge < -0.3 is 20.2 Å². The molecule has 0 spiro atoms. The van der Waals surface area contributed by atoms with E-state index in [-0.39, 0.29) is 5.91 Å². The van der Waals surface area contributed by atoms with Gasteiger partial charge in [-0.2, -0.15) is 0 Å². The highest BCUT2D eigenvalue weighted by Gasteiger charge is 2.35. The second-order valence-electron chi connectivity index (χ2n) is 10.9. The first-order chi connectivity index (χ1) is 19.5. The molecule has 2 atom stereocenters. The van der Waals surface area contributed by atoms with E-state index < -0.39 is 12.1 Å². The van der Waals surface area contributed by atoms with Crippen molar-refractivity contribution < 1.29 is 9.90 Å². The van der Waals surface area contributed by atoms with Crippen LogP contribution >= 0.6 is 0 Å². The number of piperazine rings is 1. The zero-order valence-corrected chi connectivity index (χ0v) is 22.8. The molecular weight excluding hydrogens is 498 g/mol. The van der Waals surface area contributed by atoms with Gasteiger partial charge in [0.2, 0.25) is 5.91 Å². The minimum Gasteiger partial charge on any atom is -0.369 e. The molecule has 7 heteroatoms. The van der Waals surface area contributed by atoms with E-state index in [1.165, 1.54) is 12.1 Å². The monoisotopic (exact) mass is 533 g/mol. The molecule has 3 aromatic carbocycles. The zero-order chi connectivity index (χ0) is 27.5. The lowest BCUT2D eigenvalue weighted by Crippen LogP contribution is -2.44. The number of carbonyl (C=O) groups excluding carboxylic acids is 1. The minimum absolute atomic E-state index is 0.108. The maximum atomic E-state index is 13.4. The number of anilines is 2. The number of aliphatic imine (C=N–C) groups is 1. The van der Waals surface area contributed by atoms with Crippen LogP contribution in [0.2, 0.25) is 0 Å². The molecule has 40 heavy (non-hydrogen) atoms. The first-order valence-electron chi connectivity index (χ1n) is 14.1. The van der Waals surface area contributed by atoms with Crippen molar-refractivity contribution in [3.8, 4) is 11.8 Å². The van der Waals surface area contributed by atoms with Gasteiger partial charge in [0, 0.05) is 49.2 Å². The molecule has 3 aromatic rings. The second kappa shape index (κ2) is 11.6. The van der Waals surface area contributed by atoms with E-state index >= 15 is 0 Å². The summed E-state index contributed by atoms with van der Waals surface area (Å²) < 4.78 is 0. The highest BCUT2D eigenvalue weighted by molar-refractivity contribution is 6.24. The number of hydrogen-bond donors (Lipinski definition) is 3. The average molecular weight is 534 g/mol. The Morgan fingerprint density at radius 1 is 1.02 bits per heavy atom.